The number of thioether (sulfide) groups is 1. The van der Waals surface area contributed by atoms with Crippen molar-refractivity contribution >= 4 is 97.2 Å². The normalized spacial score (nSPS) is 23.2. The first-order valence-electron chi connectivity index (χ1n) is 10.5. The summed E-state index contributed by atoms with van der Waals surface area (Å²) in [5, 5.41) is 0.607. The van der Waals surface area contributed by atoms with Gasteiger partial charge < -0.3 is 0 Å². The van der Waals surface area contributed by atoms with Crippen LogP contribution in [0.3, 0.4) is 0 Å². The lowest BCUT2D eigenvalue weighted by molar-refractivity contribution is -0.668. The number of quaternary nitrogens is 1. The lowest BCUT2D eigenvalue weighted by Crippen LogP contribution is -2.66. The lowest BCUT2D eigenvalue weighted by Gasteiger charge is -2.47. The Bertz CT molecular complexity index is 1600. The molecule has 0 bridgehead atoms. The van der Waals surface area contributed by atoms with Gasteiger partial charge in [0.05, 0.1) is 29.7 Å². The molecule has 35 heavy (non-hydrogen) atoms. The number of thiazole rings is 1. The van der Waals surface area contributed by atoms with Crippen LogP contribution in [0.5, 0.6) is 0 Å². The van der Waals surface area contributed by atoms with Gasteiger partial charge in [-0.05, 0) is 36.0 Å². The van der Waals surface area contributed by atoms with Crippen LogP contribution in [0.4, 0.5) is 5.69 Å². The predicted octanol–water partition coefficient (Wildman–Crippen LogP) is 5.02. The third kappa shape index (κ3) is 4.77. The van der Waals surface area contributed by atoms with Gasteiger partial charge in [-0.2, -0.15) is 21.4 Å². The maximum Gasteiger partial charge on any atom is 0.320 e. The first-order chi connectivity index (χ1) is 16.4. The van der Waals surface area contributed by atoms with E-state index in [1.807, 2.05) is 47.0 Å². The van der Waals surface area contributed by atoms with E-state index < -0.39 is 25.6 Å². The molecular formula is C21H20Br2N2O6S4+2. The molecule has 8 nitrogen and oxygen atoms in total. The first kappa shape index (κ1) is 25.8. The molecule has 1 aromatic heterocycles. The van der Waals surface area contributed by atoms with Gasteiger partial charge in [0.25, 0.3) is 15.1 Å². The zero-order chi connectivity index (χ0) is 25.2. The highest BCUT2D eigenvalue weighted by Crippen LogP contribution is 2.58. The summed E-state index contributed by atoms with van der Waals surface area (Å²) in [7, 11) is -8.40. The second kappa shape index (κ2) is 9.17. The third-order valence-corrected chi connectivity index (χ3v) is 11.7. The summed E-state index contributed by atoms with van der Waals surface area (Å²) in [6, 6.07) is 11.6. The topological polar surface area (TPSA) is 113 Å². The van der Waals surface area contributed by atoms with E-state index in [-0.39, 0.29) is 16.7 Å². The van der Waals surface area contributed by atoms with Crippen LogP contribution in [0.15, 0.2) is 55.3 Å². The fourth-order valence-corrected chi connectivity index (χ4v) is 9.63. The van der Waals surface area contributed by atoms with E-state index in [2.05, 4.69) is 31.9 Å². The molecule has 186 valence electrons. The fraction of sp³-hybridized carbons (Fsp3) is 0.286. The van der Waals surface area contributed by atoms with Crippen LogP contribution >= 0.6 is 55.0 Å². The Morgan fingerprint density at radius 3 is 2.46 bits per heavy atom. The van der Waals surface area contributed by atoms with Gasteiger partial charge in [-0.3, -0.25) is 9.11 Å². The van der Waals surface area contributed by atoms with E-state index in [0.29, 0.717) is 19.5 Å². The number of aryl methyl sites for hydroxylation is 1. The first-order valence-corrected chi connectivity index (χ1v) is 16.8. The number of rotatable bonds is 6. The Kier molecular flexibility index (Phi) is 6.76. The molecule has 14 heteroatoms. The molecule has 2 N–H and O–H groups in total. The highest BCUT2D eigenvalue weighted by molar-refractivity contribution is 9.10. The van der Waals surface area contributed by atoms with E-state index in [0.717, 1.165) is 39.8 Å². The van der Waals surface area contributed by atoms with Gasteiger partial charge in [-0.15, -0.1) is 0 Å². The second-order valence-electron chi connectivity index (χ2n) is 8.39. The number of halogens is 2. The molecule has 2 atom stereocenters. The highest BCUT2D eigenvalue weighted by Gasteiger charge is 2.62. The van der Waals surface area contributed by atoms with Crippen LogP contribution < -0.4 is 9.05 Å². The van der Waals surface area contributed by atoms with E-state index in [1.54, 1.807) is 0 Å². The average Bonchev–Trinajstić information content (AvgIpc) is 3.21. The fourth-order valence-electron chi connectivity index (χ4n) is 4.67. The molecule has 1 fully saturated rings. The Morgan fingerprint density at radius 1 is 1.09 bits per heavy atom. The van der Waals surface area contributed by atoms with Crippen molar-refractivity contribution in [1.29, 1.82) is 0 Å². The molecule has 1 spiro atoms. The summed E-state index contributed by atoms with van der Waals surface area (Å²) < 4.78 is 71.2. The van der Waals surface area contributed by atoms with Gasteiger partial charge in [0.1, 0.15) is 4.70 Å². The van der Waals surface area contributed by atoms with Crippen LogP contribution in [0.2, 0.25) is 0 Å². The third-order valence-electron chi connectivity index (χ3n) is 6.25. The molecule has 2 aliphatic heterocycles. The number of benzene rings is 2. The minimum Gasteiger partial charge on any atom is -0.286 e. The SMILES string of the molecule is O=S(=O)(O)CCC[n+]1c(C=C2Sc3ccc(Br)cc3[N+]23CCC3S(=O)(=O)O)sc2ccc(Br)cc21. The Labute approximate surface area is 228 Å². The van der Waals surface area contributed by atoms with Gasteiger partial charge in [0.15, 0.2) is 17.3 Å². The van der Waals surface area contributed by atoms with Crippen LogP contribution in [-0.4, -0.2) is 43.6 Å². The number of aromatic nitrogens is 1. The monoisotopic (exact) mass is 682 g/mol. The molecule has 3 heterocycles. The number of hydrogen-bond acceptors (Lipinski definition) is 6. The van der Waals surface area contributed by atoms with Gasteiger partial charge >= 0.3 is 10.1 Å². The van der Waals surface area contributed by atoms with Crippen molar-refractivity contribution in [3.63, 3.8) is 0 Å². The number of nitrogens with zero attached hydrogens (tertiary/aromatic N) is 2. The van der Waals surface area contributed by atoms with Gasteiger partial charge in [-0.25, -0.2) is 4.48 Å². The van der Waals surface area contributed by atoms with Crippen LogP contribution in [0, 0.1) is 0 Å². The minimum absolute atomic E-state index is 0.0290. The summed E-state index contributed by atoms with van der Waals surface area (Å²) in [6.45, 7) is 0.881. The summed E-state index contributed by atoms with van der Waals surface area (Å²) in [5.74, 6) is -0.361. The maximum absolute atomic E-state index is 12.4. The maximum atomic E-state index is 12.4. The van der Waals surface area contributed by atoms with Crippen molar-refractivity contribution in [3.8, 4) is 0 Å². The van der Waals surface area contributed by atoms with Crippen molar-refractivity contribution in [2.24, 2.45) is 0 Å². The summed E-state index contributed by atoms with van der Waals surface area (Å²) in [5.41, 5.74) is 1.72. The highest BCUT2D eigenvalue weighted by atomic mass is 79.9. The van der Waals surface area contributed by atoms with Gasteiger partial charge in [-0.1, -0.05) is 43.2 Å². The van der Waals surface area contributed by atoms with E-state index >= 15 is 0 Å². The largest absolute Gasteiger partial charge is 0.320 e. The zero-order valence-corrected chi connectivity index (χ0v) is 24.4. The molecule has 1 saturated heterocycles. The van der Waals surface area contributed by atoms with Crippen molar-refractivity contribution in [1.82, 2.24) is 4.48 Å². The van der Waals surface area contributed by atoms with Crippen LogP contribution in [-0.2, 0) is 26.8 Å². The Hall–Kier alpha value is -0.840. The molecule has 0 aliphatic carbocycles. The Morgan fingerprint density at radius 2 is 1.80 bits per heavy atom. The van der Waals surface area contributed by atoms with Crippen molar-refractivity contribution < 1.29 is 30.5 Å². The van der Waals surface area contributed by atoms with Crippen LogP contribution in [0.25, 0.3) is 16.3 Å². The molecule has 5 rings (SSSR count). The summed E-state index contributed by atoms with van der Waals surface area (Å²) in [6.07, 6.45) is 2.50. The number of hydrogen-bond donors (Lipinski definition) is 2. The van der Waals surface area contributed by atoms with E-state index in [4.69, 9.17) is 0 Å². The Balaban J connectivity index is 1.66. The minimum atomic E-state index is -4.31. The average molecular weight is 684 g/mol. The number of fused-ring (bicyclic) bond motifs is 3. The molecule has 3 aromatic rings. The van der Waals surface area contributed by atoms with Crippen molar-refractivity contribution in [2.45, 2.75) is 29.7 Å². The molecule has 2 aliphatic rings. The molecular weight excluding hydrogens is 664 g/mol. The lowest BCUT2D eigenvalue weighted by atomic mass is 10.1. The molecule has 0 amide bonds. The summed E-state index contributed by atoms with van der Waals surface area (Å²) in [4.78, 5) is 0.926. The van der Waals surface area contributed by atoms with Crippen molar-refractivity contribution in [3.05, 3.63) is 55.4 Å². The molecule has 0 radical (unpaired) electrons. The van der Waals surface area contributed by atoms with Gasteiger partial charge in [0.2, 0.25) is 10.9 Å². The van der Waals surface area contributed by atoms with E-state index in [1.165, 1.54) is 23.1 Å². The molecule has 2 aromatic carbocycles. The standard InChI is InChI=1S/C21H18Br2N2O6S4/c22-13-2-4-17-15(10-13)24(7-1-9-34(26,27)28)19(32-17)12-20-25(8-6-21(25)35(29,30)31)16-11-14(23)3-5-18(16)33-20/h2-5,10-12,21H,1,6-9H2/p+2. The van der Waals surface area contributed by atoms with Gasteiger partial charge in [0, 0.05) is 27.5 Å². The van der Waals surface area contributed by atoms with E-state index in [9.17, 15) is 25.9 Å². The molecule has 0 saturated carbocycles. The molecule has 2 unspecified atom stereocenters. The predicted molar refractivity (Wildman–Crippen MR) is 145 cm³/mol. The summed E-state index contributed by atoms with van der Waals surface area (Å²) >= 11 is 9.97. The second-order valence-corrected chi connectivity index (χ2v) is 15.5. The van der Waals surface area contributed by atoms with Crippen LogP contribution in [0.1, 0.15) is 17.8 Å². The quantitative estimate of drug-likeness (QED) is 0.213. The smallest absolute Gasteiger partial charge is 0.286 e. The van der Waals surface area contributed by atoms with Crippen molar-refractivity contribution in [2.75, 3.05) is 12.3 Å². The zero-order valence-electron chi connectivity index (χ0n) is 18.0.